The third-order valence-electron chi connectivity index (χ3n) is 4.08. The predicted molar refractivity (Wildman–Crippen MR) is 95.8 cm³/mol. The number of amides is 1. The highest BCUT2D eigenvalue weighted by atomic mass is 16.6. The fourth-order valence-corrected chi connectivity index (χ4v) is 3.09. The van der Waals surface area contributed by atoms with Gasteiger partial charge in [-0.1, -0.05) is 44.2 Å². The number of carbonyl (C=O) groups is 1. The molecule has 0 saturated carbocycles. The van der Waals surface area contributed by atoms with Crippen LogP contribution in [0.25, 0.3) is 0 Å². The summed E-state index contributed by atoms with van der Waals surface area (Å²) in [7, 11) is 0. The Morgan fingerprint density at radius 2 is 1.92 bits per heavy atom. The average molecular weight is 333 g/mol. The van der Waals surface area contributed by atoms with Crippen molar-refractivity contribution >= 4 is 6.09 Å². The van der Waals surface area contributed by atoms with E-state index in [0.29, 0.717) is 19.1 Å². The zero-order valence-electron chi connectivity index (χ0n) is 15.6. The maximum absolute atomic E-state index is 12.5. The minimum absolute atomic E-state index is 0.0708. The Kier molecular flexibility index (Phi) is 6.27. The number of hydrogen-bond acceptors (Lipinski definition) is 3. The van der Waals surface area contributed by atoms with Gasteiger partial charge in [0.2, 0.25) is 0 Å². The minimum atomic E-state index is -0.470. The van der Waals surface area contributed by atoms with Crippen LogP contribution in [0.3, 0.4) is 0 Å². The molecule has 1 saturated heterocycles. The number of benzene rings is 1. The van der Waals surface area contributed by atoms with E-state index in [1.807, 2.05) is 43.9 Å². The molecule has 1 fully saturated rings. The zero-order chi connectivity index (χ0) is 17.7. The van der Waals surface area contributed by atoms with Gasteiger partial charge in [-0.05, 0) is 45.1 Å². The first-order valence-corrected chi connectivity index (χ1v) is 8.89. The summed E-state index contributed by atoms with van der Waals surface area (Å²) in [5.41, 5.74) is 0.691. The highest BCUT2D eigenvalue weighted by Crippen LogP contribution is 2.28. The van der Waals surface area contributed by atoms with Crippen molar-refractivity contribution in [1.82, 2.24) is 4.90 Å². The molecule has 1 aromatic rings. The summed E-state index contributed by atoms with van der Waals surface area (Å²) < 4.78 is 11.6. The van der Waals surface area contributed by atoms with Gasteiger partial charge in [-0.15, -0.1) is 0 Å². The maximum atomic E-state index is 12.5. The van der Waals surface area contributed by atoms with E-state index in [0.717, 1.165) is 18.4 Å². The molecule has 1 amide bonds. The van der Waals surface area contributed by atoms with Crippen molar-refractivity contribution in [3.8, 4) is 0 Å². The summed E-state index contributed by atoms with van der Waals surface area (Å²) >= 11 is 0. The standard InChI is InChI=1S/C20H31NO3/c1-15(2)11-17-12-18(23-14-16-9-7-6-8-10-16)13-21(17)19(22)24-20(3,4)5/h6-10,15,17-18H,11-14H2,1-5H3/t17-,18-/m1/s1. The summed E-state index contributed by atoms with van der Waals surface area (Å²) in [6.45, 7) is 11.3. The van der Waals surface area contributed by atoms with Crippen molar-refractivity contribution in [2.24, 2.45) is 5.92 Å². The summed E-state index contributed by atoms with van der Waals surface area (Å²) in [5.74, 6) is 0.535. The van der Waals surface area contributed by atoms with Crippen LogP contribution in [0.1, 0.15) is 53.0 Å². The van der Waals surface area contributed by atoms with E-state index in [2.05, 4.69) is 26.0 Å². The first-order valence-electron chi connectivity index (χ1n) is 8.89. The van der Waals surface area contributed by atoms with Crippen LogP contribution in [-0.4, -0.2) is 35.3 Å². The second-order valence-electron chi connectivity index (χ2n) is 8.07. The monoisotopic (exact) mass is 333 g/mol. The van der Waals surface area contributed by atoms with Crippen molar-refractivity contribution in [2.45, 2.75) is 71.8 Å². The molecule has 0 bridgehead atoms. The lowest BCUT2D eigenvalue weighted by molar-refractivity contribution is 0.0142. The molecule has 0 unspecified atom stereocenters. The molecule has 0 aliphatic carbocycles. The van der Waals surface area contributed by atoms with Crippen molar-refractivity contribution in [1.29, 1.82) is 0 Å². The Morgan fingerprint density at radius 3 is 2.50 bits per heavy atom. The summed E-state index contributed by atoms with van der Waals surface area (Å²) in [6.07, 6.45) is 1.70. The van der Waals surface area contributed by atoms with Crippen LogP contribution in [0.4, 0.5) is 4.79 Å². The van der Waals surface area contributed by atoms with E-state index in [9.17, 15) is 4.79 Å². The quantitative estimate of drug-likeness (QED) is 0.789. The fourth-order valence-electron chi connectivity index (χ4n) is 3.09. The molecule has 4 heteroatoms. The maximum Gasteiger partial charge on any atom is 0.410 e. The SMILES string of the molecule is CC(C)C[C@@H]1C[C@@H](OCc2ccccc2)CN1C(=O)OC(C)(C)C. The van der Waals surface area contributed by atoms with E-state index in [-0.39, 0.29) is 18.2 Å². The van der Waals surface area contributed by atoms with Crippen molar-refractivity contribution < 1.29 is 14.3 Å². The Morgan fingerprint density at radius 1 is 1.25 bits per heavy atom. The largest absolute Gasteiger partial charge is 0.444 e. The van der Waals surface area contributed by atoms with Gasteiger partial charge in [-0.3, -0.25) is 0 Å². The highest BCUT2D eigenvalue weighted by Gasteiger charge is 2.38. The molecule has 2 atom stereocenters. The fraction of sp³-hybridized carbons (Fsp3) is 0.650. The molecule has 1 aromatic carbocycles. The van der Waals surface area contributed by atoms with Gasteiger partial charge in [0.25, 0.3) is 0 Å². The molecule has 0 aromatic heterocycles. The number of ether oxygens (including phenoxy) is 2. The van der Waals surface area contributed by atoms with E-state index >= 15 is 0 Å². The van der Waals surface area contributed by atoms with Crippen LogP contribution in [0.15, 0.2) is 30.3 Å². The van der Waals surface area contributed by atoms with E-state index < -0.39 is 5.60 Å². The van der Waals surface area contributed by atoms with Gasteiger partial charge in [0, 0.05) is 6.04 Å². The third-order valence-corrected chi connectivity index (χ3v) is 4.08. The van der Waals surface area contributed by atoms with Crippen molar-refractivity contribution in [3.05, 3.63) is 35.9 Å². The Bertz CT molecular complexity index is 521. The van der Waals surface area contributed by atoms with E-state index in [1.165, 1.54) is 0 Å². The normalized spacial score (nSPS) is 21.3. The van der Waals surface area contributed by atoms with Crippen LogP contribution >= 0.6 is 0 Å². The zero-order valence-corrected chi connectivity index (χ0v) is 15.6. The van der Waals surface area contributed by atoms with Gasteiger partial charge in [0.05, 0.1) is 19.3 Å². The van der Waals surface area contributed by atoms with Crippen LogP contribution in [0.5, 0.6) is 0 Å². The lowest BCUT2D eigenvalue weighted by Gasteiger charge is -2.29. The summed E-state index contributed by atoms with van der Waals surface area (Å²) in [6, 6.07) is 10.4. The molecule has 0 spiro atoms. The van der Waals surface area contributed by atoms with Gasteiger partial charge in [-0.2, -0.15) is 0 Å². The number of carbonyl (C=O) groups excluding carboxylic acids is 1. The van der Waals surface area contributed by atoms with Crippen molar-refractivity contribution in [3.63, 3.8) is 0 Å². The smallest absolute Gasteiger partial charge is 0.410 e. The second kappa shape index (κ2) is 8.02. The number of likely N-dealkylation sites (tertiary alicyclic amines) is 1. The predicted octanol–water partition coefficient (Wildman–Crippen LogP) is 4.63. The molecule has 1 heterocycles. The molecule has 1 aliphatic heterocycles. The lowest BCUT2D eigenvalue weighted by Crippen LogP contribution is -2.40. The van der Waals surface area contributed by atoms with Crippen LogP contribution in [-0.2, 0) is 16.1 Å². The summed E-state index contributed by atoms with van der Waals surface area (Å²) in [5, 5.41) is 0. The molecule has 134 valence electrons. The molecule has 0 radical (unpaired) electrons. The van der Waals surface area contributed by atoms with Gasteiger partial charge >= 0.3 is 6.09 Å². The molecule has 24 heavy (non-hydrogen) atoms. The second-order valence-corrected chi connectivity index (χ2v) is 8.07. The molecule has 0 N–H and O–H groups in total. The molecular weight excluding hydrogens is 302 g/mol. The molecular formula is C20H31NO3. The Hall–Kier alpha value is -1.55. The van der Waals surface area contributed by atoms with Crippen LogP contribution < -0.4 is 0 Å². The van der Waals surface area contributed by atoms with Gasteiger partial charge in [-0.25, -0.2) is 4.79 Å². The number of hydrogen-bond donors (Lipinski definition) is 0. The van der Waals surface area contributed by atoms with Crippen LogP contribution in [0, 0.1) is 5.92 Å². The molecule has 4 nitrogen and oxygen atoms in total. The van der Waals surface area contributed by atoms with Crippen LogP contribution in [0.2, 0.25) is 0 Å². The van der Waals surface area contributed by atoms with Crippen molar-refractivity contribution in [2.75, 3.05) is 6.54 Å². The minimum Gasteiger partial charge on any atom is -0.444 e. The van der Waals surface area contributed by atoms with Gasteiger partial charge < -0.3 is 14.4 Å². The Labute approximate surface area is 146 Å². The van der Waals surface area contributed by atoms with E-state index in [1.54, 1.807) is 0 Å². The first kappa shape index (κ1) is 18.8. The topological polar surface area (TPSA) is 38.8 Å². The van der Waals surface area contributed by atoms with Gasteiger partial charge in [0.15, 0.2) is 0 Å². The third kappa shape index (κ3) is 5.82. The number of nitrogens with zero attached hydrogens (tertiary/aromatic N) is 1. The van der Waals surface area contributed by atoms with E-state index in [4.69, 9.17) is 9.47 Å². The lowest BCUT2D eigenvalue weighted by atomic mass is 10.0. The molecule has 2 rings (SSSR count). The average Bonchev–Trinajstić information content (AvgIpc) is 2.87. The summed E-state index contributed by atoms with van der Waals surface area (Å²) in [4.78, 5) is 14.4. The Balaban J connectivity index is 1.96. The number of rotatable bonds is 5. The molecule has 1 aliphatic rings. The first-order chi connectivity index (χ1) is 11.2. The highest BCUT2D eigenvalue weighted by molar-refractivity contribution is 5.69. The van der Waals surface area contributed by atoms with Gasteiger partial charge in [0.1, 0.15) is 5.60 Å².